The van der Waals surface area contributed by atoms with E-state index in [0.29, 0.717) is 23.7 Å². The number of nitrogens with one attached hydrogen (secondary N) is 1. The Morgan fingerprint density at radius 2 is 2.00 bits per heavy atom. The Kier molecular flexibility index (Phi) is 5.51. The van der Waals surface area contributed by atoms with Gasteiger partial charge in [-0.2, -0.15) is 0 Å². The van der Waals surface area contributed by atoms with Gasteiger partial charge in [0.2, 0.25) is 0 Å². The third-order valence-electron chi connectivity index (χ3n) is 6.38. The fourth-order valence-corrected chi connectivity index (χ4v) is 6.16. The van der Waals surface area contributed by atoms with E-state index in [0.717, 1.165) is 31.7 Å². The summed E-state index contributed by atoms with van der Waals surface area (Å²) in [7, 11) is 0. The number of thiazole rings is 1. The Hall–Kier alpha value is -1.46. The van der Waals surface area contributed by atoms with Crippen LogP contribution in [0.15, 0.2) is 24.3 Å². The SMILES string of the molecule is C[C@H]1C[C@H](C)CN(C(=O)[C@@H](C)[NH+]2CCC[C@H](c3nc4ccccc4s3)C2)C1. The van der Waals surface area contributed by atoms with Gasteiger partial charge in [0.05, 0.1) is 29.2 Å². The van der Waals surface area contributed by atoms with Crippen molar-refractivity contribution in [3.63, 3.8) is 0 Å². The zero-order chi connectivity index (χ0) is 19.0. The number of carbonyl (C=O) groups excluding carboxylic acids is 1. The molecule has 146 valence electrons. The van der Waals surface area contributed by atoms with Gasteiger partial charge in [-0.05, 0) is 50.2 Å². The topological polar surface area (TPSA) is 37.6 Å². The fourth-order valence-electron chi connectivity index (χ4n) is 5.06. The Labute approximate surface area is 166 Å². The predicted octanol–water partition coefficient (Wildman–Crippen LogP) is 2.95. The second-order valence-electron chi connectivity index (χ2n) is 8.88. The predicted molar refractivity (Wildman–Crippen MR) is 111 cm³/mol. The van der Waals surface area contributed by atoms with Gasteiger partial charge in [0.15, 0.2) is 6.04 Å². The molecule has 1 N–H and O–H groups in total. The van der Waals surface area contributed by atoms with Crippen LogP contribution in [0.3, 0.4) is 0 Å². The Morgan fingerprint density at radius 1 is 1.26 bits per heavy atom. The highest BCUT2D eigenvalue weighted by Crippen LogP contribution is 2.30. The number of benzene rings is 1. The molecule has 3 heterocycles. The van der Waals surface area contributed by atoms with Crippen LogP contribution in [-0.2, 0) is 4.79 Å². The number of nitrogens with zero attached hydrogens (tertiary/aromatic N) is 2. The van der Waals surface area contributed by atoms with Crippen molar-refractivity contribution in [2.45, 2.75) is 52.0 Å². The van der Waals surface area contributed by atoms with Crippen LogP contribution in [0.4, 0.5) is 0 Å². The van der Waals surface area contributed by atoms with E-state index in [2.05, 4.69) is 49.9 Å². The number of quaternary nitrogens is 1. The lowest BCUT2D eigenvalue weighted by molar-refractivity contribution is -0.920. The number of hydrogen-bond donors (Lipinski definition) is 1. The summed E-state index contributed by atoms with van der Waals surface area (Å²) in [5.41, 5.74) is 1.12. The molecular weight excluding hydrogens is 354 g/mol. The third-order valence-corrected chi connectivity index (χ3v) is 7.58. The normalized spacial score (nSPS) is 30.4. The summed E-state index contributed by atoms with van der Waals surface area (Å²) in [5, 5.41) is 1.26. The minimum atomic E-state index is 0.0553. The standard InChI is InChI=1S/C22H31N3OS/c1-15-11-16(2)13-25(12-15)22(26)17(3)24-10-6-7-18(14-24)21-23-19-8-4-5-9-20(19)27-21/h4-5,8-9,15-18H,6-7,10-14H2,1-3H3/p+1/t15-,16-,17+,18-/m0/s1. The van der Waals surface area contributed by atoms with Crippen LogP contribution < -0.4 is 4.90 Å². The number of para-hydroxylation sites is 1. The molecule has 2 aromatic rings. The highest BCUT2D eigenvalue weighted by Gasteiger charge is 2.36. The number of likely N-dealkylation sites (tertiary alicyclic amines) is 2. The molecule has 2 aliphatic rings. The molecule has 0 saturated carbocycles. The van der Waals surface area contributed by atoms with Crippen molar-refractivity contribution in [2.75, 3.05) is 26.2 Å². The van der Waals surface area contributed by atoms with Crippen LogP contribution in [0.5, 0.6) is 0 Å². The molecule has 1 amide bonds. The molecular formula is C22H32N3OS+. The first-order chi connectivity index (χ1) is 13.0. The van der Waals surface area contributed by atoms with Crippen LogP contribution in [0.25, 0.3) is 10.2 Å². The lowest BCUT2D eigenvalue weighted by atomic mass is 9.91. The highest BCUT2D eigenvalue weighted by atomic mass is 32.1. The first-order valence-corrected chi connectivity index (χ1v) is 11.3. The number of aromatic nitrogens is 1. The molecule has 0 aliphatic carbocycles. The number of piperidine rings is 2. The maximum atomic E-state index is 13.2. The van der Waals surface area contributed by atoms with E-state index in [4.69, 9.17) is 4.98 Å². The van der Waals surface area contributed by atoms with Crippen molar-refractivity contribution in [1.29, 1.82) is 0 Å². The first-order valence-electron chi connectivity index (χ1n) is 10.5. The van der Waals surface area contributed by atoms with Gasteiger partial charge in [0.1, 0.15) is 5.01 Å². The molecule has 27 heavy (non-hydrogen) atoms. The Balaban J connectivity index is 1.44. The van der Waals surface area contributed by atoms with Crippen LogP contribution in [0.2, 0.25) is 0 Å². The maximum Gasteiger partial charge on any atom is 0.280 e. The van der Waals surface area contributed by atoms with Gasteiger partial charge in [0.25, 0.3) is 5.91 Å². The Bertz CT molecular complexity index is 761. The highest BCUT2D eigenvalue weighted by molar-refractivity contribution is 7.18. The van der Waals surface area contributed by atoms with Crippen molar-refractivity contribution < 1.29 is 9.69 Å². The monoisotopic (exact) mass is 386 g/mol. The average molecular weight is 387 g/mol. The molecule has 5 atom stereocenters. The zero-order valence-electron chi connectivity index (χ0n) is 16.8. The minimum Gasteiger partial charge on any atom is -0.337 e. The molecule has 4 rings (SSSR count). The van der Waals surface area contributed by atoms with Crippen molar-refractivity contribution in [3.8, 4) is 0 Å². The summed E-state index contributed by atoms with van der Waals surface area (Å²) in [4.78, 5) is 21.6. The van der Waals surface area contributed by atoms with Crippen LogP contribution in [0, 0.1) is 11.8 Å². The van der Waals surface area contributed by atoms with Gasteiger partial charge in [-0.25, -0.2) is 4.98 Å². The van der Waals surface area contributed by atoms with Gasteiger partial charge in [-0.1, -0.05) is 26.0 Å². The van der Waals surface area contributed by atoms with E-state index in [-0.39, 0.29) is 6.04 Å². The van der Waals surface area contributed by atoms with Gasteiger partial charge >= 0.3 is 0 Å². The van der Waals surface area contributed by atoms with Gasteiger partial charge < -0.3 is 9.80 Å². The number of hydrogen-bond acceptors (Lipinski definition) is 3. The molecule has 2 aliphatic heterocycles. The summed E-state index contributed by atoms with van der Waals surface area (Å²) >= 11 is 1.83. The second-order valence-corrected chi connectivity index (χ2v) is 9.94. The summed E-state index contributed by atoms with van der Waals surface area (Å²) in [6.45, 7) is 10.7. The van der Waals surface area contributed by atoms with E-state index < -0.39 is 0 Å². The smallest absolute Gasteiger partial charge is 0.280 e. The molecule has 2 fully saturated rings. The molecule has 1 unspecified atom stereocenters. The van der Waals surface area contributed by atoms with Gasteiger partial charge in [-0.15, -0.1) is 11.3 Å². The molecule has 5 heteroatoms. The van der Waals surface area contributed by atoms with Gasteiger partial charge in [-0.3, -0.25) is 4.79 Å². The van der Waals surface area contributed by atoms with E-state index in [9.17, 15) is 4.79 Å². The van der Waals surface area contributed by atoms with Gasteiger partial charge in [0, 0.05) is 13.1 Å². The molecule has 4 nitrogen and oxygen atoms in total. The maximum absolute atomic E-state index is 13.2. The zero-order valence-corrected chi connectivity index (χ0v) is 17.6. The molecule has 1 aromatic heterocycles. The molecule has 1 aromatic carbocycles. The number of rotatable bonds is 3. The van der Waals surface area contributed by atoms with E-state index in [1.807, 2.05) is 11.3 Å². The number of carbonyl (C=O) groups is 1. The van der Waals surface area contributed by atoms with Crippen LogP contribution in [0.1, 0.15) is 51.0 Å². The molecule has 0 radical (unpaired) electrons. The summed E-state index contributed by atoms with van der Waals surface area (Å²) in [6.07, 6.45) is 3.62. The summed E-state index contributed by atoms with van der Waals surface area (Å²) in [5.74, 6) is 2.09. The lowest BCUT2D eigenvalue weighted by Crippen LogP contribution is -3.18. The third kappa shape index (κ3) is 4.04. The number of amides is 1. The van der Waals surface area contributed by atoms with Crippen molar-refractivity contribution >= 4 is 27.5 Å². The van der Waals surface area contributed by atoms with E-state index in [1.54, 1.807) is 0 Å². The number of fused-ring (bicyclic) bond motifs is 1. The average Bonchev–Trinajstić information content (AvgIpc) is 3.10. The van der Waals surface area contributed by atoms with Crippen molar-refractivity contribution in [1.82, 2.24) is 9.88 Å². The van der Waals surface area contributed by atoms with Crippen molar-refractivity contribution in [3.05, 3.63) is 29.3 Å². The van der Waals surface area contributed by atoms with Crippen LogP contribution in [-0.4, -0.2) is 48.0 Å². The molecule has 0 bridgehead atoms. The first kappa shape index (κ1) is 18.9. The second kappa shape index (κ2) is 7.88. The van der Waals surface area contributed by atoms with Crippen molar-refractivity contribution in [2.24, 2.45) is 11.8 Å². The summed E-state index contributed by atoms with van der Waals surface area (Å²) in [6, 6.07) is 8.47. The summed E-state index contributed by atoms with van der Waals surface area (Å²) < 4.78 is 1.28. The minimum absolute atomic E-state index is 0.0553. The largest absolute Gasteiger partial charge is 0.337 e. The van der Waals surface area contributed by atoms with E-state index in [1.165, 1.54) is 33.9 Å². The van der Waals surface area contributed by atoms with Crippen LogP contribution >= 0.6 is 11.3 Å². The van der Waals surface area contributed by atoms with E-state index >= 15 is 0 Å². The Morgan fingerprint density at radius 3 is 2.74 bits per heavy atom. The lowest BCUT2D eigenvalue weighted by Gasteiger charge is -2.39. The fraction of sp³-hybridized carbons (Fsp3) is 0.636. The molecule has 2 saturated heterocycles. The molecule has 0 spiro atoms. The quantitative estimate of drug-likeness (QED) is 0.881.